The van der Waals surface area contributed by atoms with E-state index in [2.05, 4.69) is 9.97 Å². The van der Waals surface area contributed by atoms with Gasteiger partial charge in [-0.15, -0.1) is 0 Å². The number of carboxylic acid groups (broad SMARTS) is 1. The molecule has 9 heteroatoms. The standard InChI is InChI=1S/C24H26F3N3O2S/c1-15(2)20-4-3-11-33(20)21-6-5-17(12-18(21)24(25,26)27)19-13-22(29-14-28-19)30-9-7-16(8-10-30)23(31)32/h3-6,11-16,33H,7-10H2,1-2H3,(H,31,32). The van der Waals surface area contributed by atoms with E-state index in [0.717, 1.165) is 4.91 Å². The molecule has 1 aromatic heterocycles. The van der Waals surface area contributed by atoms with Gasteiger partial charge in [0, 0.05) is 29.6 Å². The first-order chi connectivity index (χ1) is 15.6. The van der Waals surface area contributed by atoms with Gasteiger partial charge in [0.2, 0.25) is 0 Å². The molecule has 1 N–H and O–H groups in total. The Bertz CT molecular complexity index is 1110. The summed E-state index contributed by atoms with van der Waals surface area (Å²) in [5, 5.41) is 11.1. The molecule has 1 atom stereocenters. The molecule has 2 aromatic rings. The van der Waals surface area contributed by atoms with E-state index in [4.69, 9.17) is 0 Å². The van der Waals surface area contributed by atoms with Crippen LogP contribution in [-0.4, -0.2) is 34.1 Å². The third-order valence-electron chi connectivity index (χ3n) is 6.05. The van der Waals surface area contributed by atoms with Gasteiger partial charge in [-0.05, 0) is 41.2 Å². The molecule has 2 aliphatic rings. The van der Waals surface area contributed by atoms with Gasteiger partial charge in [-0.3, -0.25) is 4.79 Å². The van der Waals surface area contributed by atoms with E-state index in [1.54, 1.807) is 18.2 Å². The number of nitrogens with zero attached hydrogens (tertiary/aromatic N) is 3. The molecular weight excluding hydrogens is 451 g/mol. The van der Waals surface area contributed by atoms with Crippen LogP contribution < -0.4 is 4.90 Å². The number of halogens is 3. The fourth-order valence-corrected chi connectivity index (χ4v) is 6.61. The summed E-state index contributed by atoms with van der Waals surface area (Å²) in [6.07, 6.45) is 1.64. The molecule has 0 saturated carbocycles. The highest BCUT2D eigenvalue weighted by Gasteiger charge is 2.36. The van der Waals surface area contributed by atoms with Crippen molar-refractivity contribution in [2.45, 2.75) is 37.8 Å². The number of benzene rings is 1. The minimum atomic E-state index is -4.49. The second-order valence-electron chi connectivity index (χ2n) is 8.55. The van der Waals surface area contributed by atoms with Crippen LogP contribution in [-0.2, 0) is 11.0 Å². The third kappa shape index (κ3) is 4.93. The van der Waals surface area contributed by atoms with Crippen molar-refractivity contribution in [1.29, 1.82) is 0 Å². The lowest BCUT2D eigenvalue weighted by atomic mass is 9.97. The minimum Gasteiger partial charge on any atom is -0.481 e. The Labute approximate surface area is 193 Å². The molecule has 1 fully saturated rings. The smallest absolute Gasteiger partial charge is 0.417 e. The van der Waals surface area contributed by atoms with Crippen molar-refractivity contribution in [3.05, 3.63) is 58.6 Å². The summed E-state index contributed by atoms with van der Waals surface area (Å²) in [5.41, 5.74) is 0.154. The predicted molar refractivity (Wildman–Crippen MR) is 124 cm³/mol. The van der Waals surface area contributed by atoms with E-state index in [0.29, 0.717) is 47.9 Å². The highest BCUT2D eigenvalue weighted by atomic mass is 32.2. The lowest BCUT2D eigenvalue weighted by Crippen LogP contribution is -2.36. The molecular formula is C24H26F3N3O2S. The zero-order chi connectivity index (χ0) is 23.8. The maximum absolute atomic E-state index is 14.1. The lowest BCUT2D eigenvalue weighted by Gasteiger charge is -2.31. The number of allylic oxidation sites excluding steroid dienone is 3. The monoisotopic (exact) mass is 477 g/mol. The molecule has 3 heterocycles. The molecule has 176 valence electrons. The van der Waals surface area contributed by atoms with Crippen molar-refractivity contribution < 1.29 is 23.1 Å². The minimum absolute atomic E-state index is 0.168. The molecule has 33 heavy (non-hydrogen) atoms. The Morgan fingerprint density at radius 3 is 2.55 bits per heavy atom. The number of rotatable bonds is 5. The fraction of sp³-hybridized carbons (Fsp3) is 0.375. The zero-order valence-electron chi connectivity index (χ0n) is 18.4. The van der Waals surface area contributed by atoms with Crippen LogP contribution in [0.4, 0.5) is 19.0 Å². The largest absolute Gasteiger partial charge is 0.481 e. The molecule has 0 radical (unpaired) electrons. The summed E-state index contributed by atoms with van der Waals surface area (Å²) in [6.45, 7) is 5.05. The highest BCUT2D eigenvalue weighted by molar-refractivity contribution is 8.23. The molecule has 1 aromatic carbocycles. The number of piperidine rings is 1. The maximum Gasteiger partial charge on any atom is 0.417 e. The number of carbonyl (C=O) groups is 1. The van der Waals surface area contributed by atoms with Gasteiger partial charge in [0.25, 0.3) is 0 Å². The zero-order valence-corrected chi connectivity index (χ0v) is 19.3. The Hall–Kier alpha value is -2.81. The molecule has 0 spiro atoms. The molecule has 0 bridgehead atoms. The number of aromatic nitrogens is 2. The molecule has 0 aliphatic carbocycles. The Balaban J connectivity index is 1.65. The second-order valence-corrected chi connectivity index (χ2v) is 10.6. The summed E-state index contributed by atoms with van der Waals surface area (Å²) in [5.74, 6) is -0.413. The van der Waals surface area contributed by atoms with Crippen LogP contribution in [0, 0.1) is 11.8 Å². The topological polar surface area (TPSA) is 66.3 Å². The first-order valence-electron chi connectivity index (χ1n) is 10.8. The van der Waals surface area contributed by atoms with E-state index >= 15 is 0 Å². The van der Waals surface area contributed by atoms with Gasteiger partial charge in [-0.2, -0.15) is 24.1 Å². The Morgan fingerprint density at radius 2 is 1.91 bits per heavy atom. The lowest BCUT2D eigenvalue weighted by molar-refractivity contribution is -0.142. The van der Waals surface area contributed by atoms with Gasteiger partial charge in [0.15, 0.2) is 0 Å². The van der Waals surface area contributed by atoms with Crippen LogP contribution >= 0.6 is 10.9 Å². The summed E-state index contributed by atoms with van der Waals surface area (Å²) in [7, 11) is -1.16. The average molecular weight is 478 g/mol. The van der Waals surface area contributed by atoms with Crippen LogP contribution in [0.3, 0.4) is 0 Å². The van der Waals surface area contributed by atoms with Crippen molar-refractivity contribution >= 4 is 22.7 Å². The third-order valence-corrected chi connectivity index (χ3v) is 8.65. The number of alkyl halides is 3. The van der Waals surface area contributed by atoms with Crippen LogP contribution in [0.25, 0.3) is 11.3 Å². The van der Waals surface area contributed by atoms with Gasteiger partial charge < -0.3 is 10.0 Å². The average Bonchev–Trinajstić information content (AvgIpc) is 3.28. The Morgan fingerprint density at radius 1 is 1.18 bits per heavy atom. The van der Waals surface area contributed by atoms with Crippen molar-refractivity contribution in [3.63, 3.8) is 0 Å². The maximum atomic E-state index is 14.1. The number of aliphatic carboxylic acids is 1. The van der Waals surface area contributed by atoms with Gasteiger partial charge in [-0.25, -0.2) is 9.97 Å². The Kier molecular flexibility index (Phi) is 6.52. The summed E-state index contributed by atoms with van der Waals surface area (Å²) < 4.78 is 42.2. The molecule has 1 saturated heterocycles. The van der Waals surface area contributed by atoms with Gasteiger partial charge in [0.05, 0.1) is 17.2 Å². The van der Waals surface area contributed by atoms with Gasteiger partial charge in [-0.1, -0.05) is 32.1 Å². The van der Waals surface area contributed by atoms with E-state index < -0.39 is 28.6 Å². The number of anilines is 1. The fourth-order valence-electron chi connectivity index (χ4n) is 4.25. The van der Waals surface area contributed by atoms with Gasteiger partial charge >= 0.3 is 12.1 Å². The summed E-state index contributed by atoms with van der Waals surface area (Å²) >= 11 is 0. The second kappa shape index (κ2) is 9.21. The van der Waals surface area contributed by atoms with E-state index in [1.165, 1.54) is 12.4 Å². The molecule has 5 nitrogen and oxygen atoms in total. The van der Waals surface area contributed by atoms with Crippen molar-refractivity contribution in [1.82, 2.24) is 9.97 Å². The SMILES string of the molecule is CC(C)C1=CC=C[SH]1c1ccc(-c2cc(N3CCC(C(=O)O)CC3)ncn2)cc1C(F)(F)F. The van der Waals surface area contributed by atoms with E-state index in [9.17, 15) is 23.1 Å². The van der Waals surface area contributed by atoms with Crippen molar-refractivity contribution in [3.8, 4) is 11.3 Å². The quantitative estimate of drug-likeness (QED) is 0.526. The molecule has 1 unspecified atom stereocenters. The highest BCUT2D eigenvalue weighted by Crippen LogP contribution is 2.55. The first-order valence-corrected chi connectivity index (χ1v) is 12.2. The van der Waals surface area contributed by atoms with Gasteiger partial charge in [0.1, 0.15) is 12.1 Å². The number of hydrogen-bond acceptors (Lipinski definition) is 4. The van der Waals surface area contributed by atoms with Crippen LogP contribution in [0.2, 0.25) is 0 Å². The van der Waals surface area contributed by atoms with Crippen molar-refractivity contribution in [2.75, 3.05) is 18.0 Å². The van der Waals surface area contributed by atoms with E-state index in [1.807, 2.05) is 36.3 Å². The van der Waals surface area contributed by atoms with Crippen molar-refractivity contribution in [2.24, 2.45) is 11.8 Å². The van der Waals surface area contributed by atoms with Crippen LogP contribution in [0.1, 0.15) is 32.3 Å². The summed E-state index contributed by atoms with van der Waals surface area (Å²) in [6, 6.07) is 6.14. The predicted octanol–water partition coefficient (Wildman–Crippen LogP) is 5.89. The normalized spacial score (nSPS) is 20.4. The summed E-state index contributed by atoms with van der Waals surface area (Å²) in [4.78, 5) is 23.0. The number of hydrogen-bond donors (Lipinski definition) is 2. The molecule has 4 rings (SSSR count). The van der Waals surface area contributed by atoms with Crippen LogP contribution in [0.15, 0.2) is 58.0 Å². The first kappa shape index (κ1) is 23.4. The van der Waals surface area contributed by atoms with Crippen LogP contribution in [0.5, 0.6) is 0 Å². The number of carboxylic acids is 1. The molecule has 2 aliphatic heterocycles. The molecule has 0 amide bonds. The van der Waals surface area contributed by atoms with E-state index in [-0.39, 0.29) is 11.8 Å². The number of thiol groups is 1.